The minimum atomic E-state index is -1.21. The predicted octanol–water partition coefficient (Wildman–Crippen LogP) is 2.33. The van der Waals surface area contributed by atoms with Crippen molar-refractivity contribution in [3.05, 3.63) is 41.7 Å². The van der Waals surface area contributed by atoms with Crippen molar-refractivity contribution in [2.45, 2.75) is 20.0 Å². The molecule has 0 bridgehead atoms. The molecule has 4 nitrogen and oxygen atoms in total. The summed E-state index contributed by atoms with van der Waals surface area (Å²) in [5.41, 5.74) is -0.112. The van der Waals surface area contributed by atoms with E-state index < -0.39 is 17.5 Å². The van der Waals surface area contributed by atoms with Crippen molar-refractivity contribution in [3.8, 4) is 0 Å². The van der Waals surface area contributed by atoms with Crippen LogP contribution in [-0.4, -0.2) is 14.8 Å². The quantitative estimate of drug-likeness (QED) is 0.854. The van der Waals surface area contributed by atoms with E-state index >= 15 is 0 Å². The van der Waals surface area contributed by atoms with E-state index in [1.54, 1.807) is 4.68 Å². The van der Waals surface area contributed by atoms with Crippen molar-refractivity contribution < 1.29 is 13.2 Å². The number of aromatic nitrogens is 3. The van der Waals surface area contributed by atoms with Gasteiger partial charge in [0, 0.05) is 18.7 Å². The zero-order valence-electron chi connectivity index (χ0n) is 9.62. The molecule has 1 aromatic heterocycles. The number of hydrogen-bond acceptors (Lipinski definition) is 3. The molecule has 1 aromatic carbocycles. The van der Waals surface area contributed by atoms with Crippen LogP contribution in [0.2, 0.25) is 0 Å². The fourth-order valence-electron chi connectivity index (χ4n) is 1.52. The van der Waals surface area contributed by atoms with Gasteiger partial charge in [-0.1, -0.05) is 0 Å². The van der Waals surface area contributed by atoms with Crippen LogP contribution in [0.4, 0.5) is 18.9 Å². The number of halogens is 3. The molecule has 0 fully saturated rings. The van der Waals surface area contributed by atoms with Crippen LogP contribution in [0.1, 0.15) is 12.7 Å². The van der Waals surface area contributed by atoms with Gasteiger partial charge >= 0.3 is 0 Å². The zero-order valence-corrected chi connectivity index (χ0v) is 9.62. The van der Waals surface area contributed by atoms with Gasteiger partial charge in [-0.15, -0.1) is 0 Å². The average Bonchev–Trinajstić information content (AvgIpc) is 2.79. The van der Waals surface area contributed by atoms with Crippen LogP contribution in [0.5, 0.6) is 0 Å². The Bertz CT molecular complexity index is 553. The second-order valence-corrected chi connectivity index (χ2v) is 3.59. The van der Waals surface area contributed by atoms with Crippen molar-refractivity contribution >= 4 is 5.69 Å². The van der Waals surface area contributed by atoms with Crippen LogP contribution in [-0.2, 0) is 13.1 Å². The number of anilines is 1. The molecule has 0 amide bonds. The first-order valence-electron chi connectivity index (χ1n) is 5.37. The van der Waals surface area contributed by atoms with Crippen molar-refractivity contribution in [3.63, 3.8) is 0 Å². The van der Waals surface area contributed by atoms with E-state index in [1.807, 2.05) is 6.92 Å². The molecule has 96 valence electrons. The topological polar surface area (TPSA) is 42.7 Å². The van der Waals surface area contributed by atoms with E-state index in [9.17, 15) is 13.2 Å². The predicted molar refractivity (Wildman–Crippen MR) is 59.3 cm³/mol. The lowest BCUT2D eigenvalue weighted by Crippen LogP contribution is -2.10. The van der Waals surface area contributed by atoms with Gasteiger partial charge in [-0.2, -0.15) is 5.10 Å². The van der Waals surface area contributed by atoms with Crippen LogP contribution in [0.3, 0.4) is 0 Å². The third-order valence-corrected chi connectivity index (χ3v) is 2.44. The second-order valence-electron chi connectivity index (χ2n) is 3.59. The molecule has 0 aliphatic heterocycles. The van der Waals surface area contributed by atoms with Crippen molar-refractivity contribution in [2.24, 2.45) is 0 Å². The summed E-state index contributed by atoms with van der Waals surface area (Å²) in [6, 6.07) is 1.28. The standard InChI is InChI=1S/C11H11F3N4/c1-2-18-11(16-6-17-18)5-15-10-4-8(13)7(12)3-9(10)14/h3-4,6,15H,2,5H2,1H3. The van der Waals surface area contributed by atoms with Gasteiger partial charge in [-0.25, -0.2) is 22.8 Å². The minimum Gasteiger partial charge on any atom is -0.375 e. The van der Waals surface area contributed by atoms with Crippen molar-refractivity contribution in [1.29, 1.82) is 0 Å². The number of rotatable bonds is 4. The first-order chi connectivity index (χ1) is 8.61. The Kier molecular flexibility index (Phi) is 3.50. The van der Waals surface area contributed by atoms with Gasteiger partial charge in [0.2, 0.25) is 0 Å². The van der Waals surface area contributed by atoms with Crippen molar-refractivity contribution in [1.82, 2.24) is 14.8 Å². The number of benzene rings is 1. The summed E-state index contributed by atoms with van der Waals surface area (Å²) in [5, 5.41) is 6.59. The normalized spacial score (nSPS) is 10.7. The third kappa shape index (κ3) is 2.44. The summed E-state index contributed by atoms with van der Waals surface area (Å²) in [7, 11) is 0. The lowest BCUT2D eigenvalue weighted by atomic mass is 10.3. The lowest BCUT2D eigenvalue weighted by Gasteiger charge is -2.08. The molecule has 1 heterocycles. The first kappa shape index (κ1) is 12.4. The number of hydrogen-bond donors (Lipinski definition) is 1. The molecule has 1 N–H and O–H groups in total. The van der Waals surface area contributed by atoms with E-state index in [0.717, 1.165) is 6.07 Å². The zero-order chi connectivity index (χ0) is 13.1. The fourth-order valence-corrected chi connectivity index (χ4v) is 1.52. The maximum atomic E-state index is 13.3. The van der Waals surface area contributed by atoms with Gasteiger partial charge in [-0.3, -0.25) is 0 Å². The summed E-state index contributed by atoms with van der Waals surface area (Å²) < 4.78 is 40.6. The number of aryl methyl sites for hydroxylation is 1. The summed E-state index contributed by atoms with van der Waals surface area (Å²) in [6.07, 6.45) is 1.38. The highest BCUT2D eigenvalue weighted by molar-refractivity contribution is 5.45. The summed E-state index contributed by atoms with van der Waals surface area (Å²) in [4.78, 5) is 3.97. The molecule has 0 unspecified atom stereocenters. The Morgan fingerprint density at radius 1 is 1.17 bits per heavy atom. The Morgan fingerprint density at radius 3 is 2.61 bits per heavy atom. The van der Waals surface area contributed by atoms with Gasteiger partial charge < -0.3 is 5.32 Å². The molecule has 7 heteroatoms. The minimum absolute atomic E-state index is 0.112. The maximum Gasteiger partial charge on any atom is 0.161 e. The lowest BCUT2D eigenvalue weighted by molar-refractivity contribution is 0.496. The fraction of sp³-hybridized carbons (Fsp3) is 0.273. The Labute approximate surface area is 101 Å². The van der Waals surface area contributed by atoms with Crippen LogP contribution < -0.4 is 5.32 Å². The first-order valence-corrected chi connectivity index (χ1v) is 5.37. The highest BCUT2D eigenvalue weighted by Crippen LogP contribution is 2.18. The SMILES string of the molecule is CCn1ncnc1CNc1cc(F)c(F)cc1F. The van der Waals surface area contributed by atoms with Crippen molar-refractivity contribution in [2.75, 3.05) is 5.32 Å². The molecule has 2 rings (SSSR count). The number of nitrogens with zero attached hydrogens (tertiary/aromatic N) is 3. The highest BCUT2D eigenvalue weighted by Gasteiger charge is 2.10. The molecule has 0 aliphatic rings. The largest absolute Gasteiger partial charge is 0.375 e. The summed E-state index contributed by atoms with van der Waals surface area (Å²) in [5.74, 6) is -2.58. The Morgan fingerprint density at radius 2 is 1.89 bits per heavy atom. The molecule has 0 spiro atoms. The third-order valence-electron chi connectivity index (χ3n) is 2.44. The van der Waals surface area contributed by atoms with Crippen LogP contribution in [0.25, 0.3) is 0 Å². The second kappa shape index (κ2) is 5.07. The highest BCUT2D eigenvalue weighted by atomic mass is 19.2. The molecule has 0 aliphatic carbocycles. The van der Waals surface area contributed by atoms with Gasteiger partial charge in [-0.05, 0) is 6.92 Å². The molecule has 0 radical (unpaired) electrons. The van der Waals surface area contributed by atoms with E-state index in [-0.39, 0.29) is 12.2 Å². The molecule has 18 heavy (non-hydrogen) atoms. The van der Waals surface area contributed by atoms with Gasteiger partial charge in [0.05, 0.1) is 12.2 Å². The van der Waals surface area contributed by atoms with E-state index in [4.69, 9.17) is 0 Å². The van der Waals surface area contributed by atoms with E-state index in [2.05, 4.69) is 15.4 Å². The Hall–Kier alpha value is -2.05. The van der Waals surface area contributed by atoms with E-state index in [1.165, 1.54) is 6.33 Å². The average molecular weight is 256 g/mol. The number of nitrogens with one attached hydrogen (secondary N) is 1. The van der Waals surface area contributed by atoms with Gasteiger partial charge in [0.25, 0.3) is 0 Å². The summed E-state index contributed by atoms with van der Waals surface area (Å²) >= 11 is 0. The Balaban J connectivity index is 2.13. The molecule has 0 atom stereocenters. The smallest absolute Gasteiger partial charge is 0.161 e. The van der Waals surface area contributed by atoms with Crippen LogP contribution >= 0.6 is 0 Å². The molecule has 0 saturated heterocycles. The van der Waals surface area contributed by atoms with Gasteiger partial charge in [0.15, 0.2) is 11.6 Å². The van der Waals surface area contributed by atoms with Gasteiger partial charge in [0.1, 0.15) is 18.0 Å². The monoisotopic (exact) mass is 256 g/mol. The molecular weight excluding hydrogens is 245 g/mol. The molecular formula is C11H11F3N4. The molecule has 0 saturated carbocycles. The van der Waals surface area contributed by atoms with E-state index in [0.29, 0.717) is 18.4 Å². The molecule has 2 aromatic rings. The van der Waals surface area contributed by atoms with Crippen LogP contribution in [0, 0.1) is 17.5 Å². The van der Waals surface area contributed by atoms with Crippen LogP contribution in [0.15, 0.2) is 18.5 Å². The summed E-state index contributed by atoms with van der Waals surface area (Å²) in [6.45, 7) is 2.68. The maximum absolute atomic E-state index is 13.3.